The summed E-state index contributed by atoms with van der Waals surface area (Å²) >= 11 is 1.26. The molecule has 31 heavy (non-hydrogen) atoms. The Bertz CT molecular complexity index is 1030. The number of amides is 1. The number of methoxy groups -OCH3 is 1. The van der Waals surface area contributed by atoms with Crippen molar-refractivity contribution in [2.45, 2.75) is 13.2 Å². The van der Waals surface area contributed by atoms with Gasteiger partial charge in [0.05, 0.1) is 19.3 Å². The van der Waals surface area contributed by atoms with Gasteiger partial charge in [-0.25, -0.2) is 9.37 Å². The number of hydrogen-bond donors (Lipinski definition) is 1. The molecule has 0 saturated carbocycles. The Hall–Kier alpha value is -3.11. The van der Waals surface area contributed by atoms with Gasteiger partial charge in [-0.15, -0.1) is 11.3 Å². The van der Waals surface area contributed by atoms with Gasteiger partial charge in [0.25, 0.3) is 0 Å². The number of benzene rings is 2. The van der Waals surface area contributed by atoms with Crippen LogP contribution in [0.5, 0.6) is 11.5 Å². The first kappa shape index (κ1) is 22.6. The second-order valence-corrected chi connectivity index (χ2v) is 7.49. The number of likely N-dealkylation sites (N-methyl/N-ethyl adjacent to an activating group) is 1. The molecule has 0 fully saturated rings. The van der Waals surface area contributed by atoms with Gasteiger partial charge in [0.15, 0.2) is 16.6 Å². The van der Waals surface area contributed by atoms with E-state index in [4.69, 9.17) is 4.74 Å². The number of nitrogens with one attached hydrogen (secondary N) is 1. The second kappa shape index (κ2) is 10.3. The van der Waals surface area contributed by atoms with Gasteiger partial charge in [-0.2, -0.15) is 8.78 Å². The number of aromatic nitrogens is 1. The largest absolute Gasteiger partial charge is 0.493 e. The molecule has 1 amide bonds. The molecule has 0 radical (unpaired) electrons. The quantitative estimate of drug-likeness (QED) is 0.514. The number of ether oxygens (including phenoxy) is 2. The molecule has 10 heteroatoms. The SMILES string of the molecule is COc1ccc(CN(C)CC(=O)Nc2nc(-c3ccc(F)cc3)cs2)cc1OC(F)F. The normalized spacial score (nSPS) is 11.1. The highest BCUT2D eigenvalue weighted by Gasteiger charge is 2.14. The van der Waals surface area contributed by atoms with Crippen LogP contribution in [-0.2, 0) is 11.3 Å². The number of halogens is 3. The van der Waals surface area contributed by atoms with Crippen LogP contribution in [0, 0.1) is 5.82 Å². The van der Waals surface area contributed by atoms with E-state index in [1.165, 1.54) is 42.7 Å². The molecule has 1 aromatic heterocycles. The van der Waals surface area contributed by atoms with Crippen molar-refractivity contribution in [3.8, 4) is 22.8 Å². The van der Waals surface area contributed by atoms with Crippen molar-refractivity contribution in [3.05, 3.63) is 59.2 Å². The highest BCUT2D eigenvalue weighted by Crippen LogP contribution is 2.30. The first-order valence-electron chi connectivity index (χ1n) is 9.15. The lowest BCUT2D eigenvalue weighted by Crippen LogP contribution is -2.29. The van der Waals surface area contributed by atoms with Crippen LogP contribution in [0.2, 0.25) is 0 Å². The van der Waals surface area contributed by atoms with E-state index in [-0.39, 0.29) is 29.8 Å². The zero-order valence-electron chi connectivity index (χ0n) is 16.8. The molecule has 0 unspecified atom stereocenters. The first-order valence-corrected chi connectivity index (χ1v) is 10.0. The van der Waals surface area contributed by atoms with Gasteiger partial charge in [0.2, 0.25) is 5.91 Å². The van der Waals surface area contributed by atoms with Crippen LogP contribution in [0.15, 0.2) is 47.8 Å². The van der Waals surface area contributed by atoms with Crippen LogP contribution in [0.4, 0.5) is 18.3 Å². The molecular formula is C21H20F3N3O3S. The monoisotopic (exact) mass is 451 g/mol. The minimum Gasteiger partial charge on any atom is -0.493 e. The van der Waals surface area contributed by atoms with Gasteiger partial charge in [0, 0.05) is 17.5 Å². The summed E-state index contributed by atoms with van der Waals surface area (Å²) < 4.78 is 47.7. The molecule has 0 spiro atoms. The zero-order chi connectivity index (χ0) is 22.4. The summed E-state index contributed by atoms with van der Waals surface area (Å²) in [4.78, 5) is 18.4. The van der Waals surface area contributed by atoms with E-state index >= 15 is 0 Å². The summed E-state index contributed by atoms with van der Waals surface area (Å²) in [7, 11) is 3.09. The highest BCUT2D eigenvalue weighted by atomic mass is 32.1. The van der Waals surface area contributed by atoms with Crippen LogP contribution in [0.25, 0.3) is 11.3 Å². The Morgan fingerprint density at radius 1 is 1.19 bits per heavy atom. The maximum atomic E-state index is 13.0. The fraction of sp³-hybridized carbons (Fsp3) is 0.238. The minimum absolute atomic E-state index is 0.0581. The smallest absolute Gasteiger partial charge is 0.387 e. The van der Waals surface area contributed by atoms with Crippen LogP contribution in [0.3, 0.4) is 0 Å². The van der Waals surface area contributed by atoms with Gasteiger partial charge < -0.3 is 14.8 Å². The number of carbonyl (C=O) groups is 1. The summed E-state index contributed by atoms with van der Waals surface area (Å²) in [6, 6.07) is 10.6. The molecule has 0 aliphatic carbocycles. The van der Waals surface area contributed by atoms with Crippen LogP contribution < -0.4 is 14.8 Å². The average Bonchev–Trinajstić information content (AvgIpc) is 3.16. The highest BCUT2D eigenvalue weighted by molar-refractivity contribution is 7.14. The van der Waals surface area contributed by atoms with E-state index in [9.17, 15) is 18.0 Å². The topological polar surface area (TPSA) is 63.7 Å². The lowest BCUT2D eigenvalue weighted by Gasteiger charge is -2.17. The Morgan fingerprint density at radius 2 is 1.94 bits per heavy atom. The zero-order valence-corrected chi connectivity index (χ0v) is 17.6. The summed E-state index contributed by atoms with van der Waals surface area (Å²) in [5.74, 6) is -0.477. The Kier molecular flexibility index (Phi) is 7.48. The molecule has 3 rings (SSSR count). The molecule has 3 aromatic rings. The van der Waals surface area contributed by atoms with Crippen molar-refractivity contribution >= 4 is 22.4 Å². The van der Waals surface area contributed by atoms with Gasteiger partial charge in [0.1, 0.15) is 5.82 Å². The summed E-state index contributed by atoms with van der Waals surface area (Å²) in [5, 5.41) is 4.92. The second-order valence-electron chi connectivity index (χ2n) is 6.63. The van der Waals surface area contributed by atoms with E-state index in [1.807, 2.05) is 0 Å². The lowest BCUT2D eigenvalue weighted by atomic mass is 10.2. The summed E-state index contributed by atoms with van der Waals surface area (Å²) in [5.41, 5.74) is 2.06. The van der Waals surface area contributed by atoms with Gasteiger partial charge >= 0.3 is 6.61 Å². The van der Waals surface area contributed by atoms with E-state index in [1.54, 1.807) is 35.5 Å². The van der Waals surface area contributed by atoms with Crippen LogP contribution >= 0.6 is 11.3 Å². The summed E-state index contributed by atoms with van der Waals surface area (Å²) in [6.45, 7) is -2.58. The maximum Gasteiger partial charge on any atom is 0.387 e. The van der Waals surface area contributed by atoms with Crippen molar-refractivity contribution in [2.24, 2.45) is 0 Å². The average molecular weight is 451 g/mol. The third kappa shape index (κ3) is 6.43. The predicted molar refractivity (Wildman–Crippen MR) is 112 cm³/mol. The van der Waals surface area contributed by atoms with E-state index in [0.29, 0.717) is 22.9 Å². The molecule has 0 aliphatic heterocycles. The number of anilines is 1. The number of thiazole rings is 1. The molecule has 0 bridgehead atoms. The molecular weight excluding hydrogens is 431 g/mol. The number of rotatable bonds is 9. The Morgan fingerprint density at radius 3 is 2.61 bits per heavy atom. The van der Waals surface area contributed by atoms with Gasteiger partial charge in [-0.1, -0.05) is 6.07 Å². The third-order valence-corrected chi connectivity index (χ3v) is 4.96. The summed E-state index contributed by atoms with van der Waals surface area (Å²) in [6.07, 6.45) is 0. The lowest BCUT2D eigenvalue weighted by molar-refractivity contribution is -0.117. The van der Waals surface area contributed by atoms with Crippen molar-refractivity contribution in [2.75, 3.05) is 26.0 Å². The number of alkyl halides is 2. The number of hydrogen-bond acceptors (Lipinski definition) is 6. The minimum atomic E-state index is -2.97. The fourth-order valence-electron chi connectivity index (χ4n) is 2.86. The van der Waals surface area contributed by atoms with Gasteiger partial charge in [-0.05, 0) is 49.0 Å². The molecule has 164 valence electrons. The van der Waals surface area contributed by atoms with Crippen LogP contribution in [0.1, 0.15) is 5.56 Å². The molecule has 1 N–H and O–H groups in total. The Labute approximate surface area is 181 Å². The number of nitrogens with zero attached hydrogens (tertiary/aromatic N) is 2. The Balaban J connectivity index is 1.57. The molecule has 0 saturated heterocycles. The standard InChI is InChI=1S/C21H20F3N3O3S/c1-27(10-13-3-8-17(29-2)18(9-13)30-20(23)24)11-19(28)26-21-25-16(12-31-21)14-4-6-15(22)7-5-14/h3-9,12,20H,10-11H2,1-2H3,(H,25,26,28). The van der Waals surface area contributed by atoms with Gasteiger partial charge in [-0.3, -0.25) is 9.69 Å². The molecule has 0 aliphatic rings. The maximum absolute atomic E-state index is 13.0. The van der Waals surface area contributed by atoms with E-state index in [0.717, 1.165) is 5.56 Å². The van der Waals surface area contributed by atoms with Crippen molar-refractivity contribution in [3.63, 3.8) is 0 Å². The van der Waals surface area contributed by atoms with Crippen molar-refractivity contribution < 1.29 is 27.4 Å². The number of carbonyl (C=O) groups excluding carboxylic acids is 1. The molecule has 0 atom stereocenters. The molecule has 6 nitrogen and oxygen atoms in total. The van der Waals surface area contributed by atoms with Crippen LogP contribution in [-0.4, -0.2) is 43.1 Å². The van der Waals surface area contributed by atoms with E-state index < -0.39 is 6.61 Å². The van der Waals surface area contributed by atoms with E-state index in [2.05, 4.69) is 15.0 Å². The third-order valence-electron chi connectivity index (χ3n) is 4.20. The molecule has 1 heterocycles. The predicted octanol–water partition coefficient (Wildman–Crippen LogP) is 4.63. The molecule has 2 aromatic carbocycles. The van der Waals surface area contributed by atoms with Crippen molar-refractivity contribution in [1.29, 1.82) is 0 Å². The van der Waals surface area contributed by atoms with Crippen molar-refractivity contribution in [1.82, 2.24) is 9.88 Å². The first-order chi connectivity index (χ1) is 14.8. The fourth-order valence-corrected chi connectivity index (χ4v) is 3.60.